The normalized spacial score (nSPS) is 15.1. The Morgan fingerprint density at radius 2 is 1.96 bits per heavy atom. The molecule has 0 bridgehead atoms. The lowest BCUT2D eigenvalue weighted by Gasteiger charge is -2.26. The summed E-state index contributed by atoms with van der Waals surface area (Å²) in [4.78, 5) is 6.96. The summed E-state index contributed by atoms with van der Waals surface area (Å²) in [5, 5.41) is 9.13. The number of ether oxygens (including phenoxy) is 2. The molecule has 3 aromatic rings. The average Bonchev–Trinajstić information content (AvgIpc) is 3.13. The molecule has 1 fully saturated rings. The maximum absolute atomic E-state index is 5.40. The minimum atomic E-state index is 0.678. The van der Waals surface area contributed by atoms with Gasteiger partial charge in [0, 0.05) is 38.1 Å². The lowest BCUT2D eigenvalue weighted by molar-refractivity contribution is 0.0398. The molecule has 7 nitrogen and oxygen atoms in total. The summed E-state index contributed by atoms with van der Waals surface area (Å²) in [5.74, 6) is 0.856. The summed E-state index contributed by atoms with van der Waals surface area (Å²) in [6.07, 6.45) is 3.73. The lowest BCUT2D eigenvalue weighted by Crippen LogP contribution is -2.39. The molecule has 0 radical (unpaired) electrons. The number of hydrogen-bond acceptors (Lipinski definition) is 6. The first-order valence-corrected chi connectivity index (χ1v) is 9.31. The number of aromatic nitrogens is 3. The Bertz CT molecular complexity index is 872. The topological polar surface area (TPSA) is 64.4 Å². The fourth-order valence-corrected chi connectivity index (χ4v) is 3.32. The molecule has 7 heteroatoms. The molecule has 0 atom stereocenters. The number of nitrogens with one attached hydrogen (secondary N) is 1. The monoisotopic (exact) mass is 367 g/mol. The van der Waals surface area contributed by atoms with Gasteiger partial charge in [-0.1, -0.05) is 12.1 Å². The number of fused-ring (bicyclic) bond motifs is 1. The van der Waals surface area contributed by atoms with Crippen LogP contribution in [0.1, 0.15) is 5.56 Å². The summed E-state index contributed by atoms with van der Waals surface area (Å²) >= 11 is 0. The molecule has 1 aromatic carbocycles. The number of morpholine rings is 1. The van der Waals surface area contributed by atoms with Gasteiger partial charge in [0.25, 0.3) is 0 Å². The van der Waals surface area contributed by atoms with Crippen molar-refractivity contribution in [3.63, 3.8) is 0 Å². The SMILES string of the molecule is COc1ccc(Cn2ncc3c(NCCN4CCOCC4)ccnc32)cc1. The predicted octanol–water partition coefficient (Wildman–Crippen LogP) is 2.23. The molecule has 4 rings (SSSR count). The highest BCUT2D eigenvalue weighted by atomic mass is 16.5. The third-order valence-electron chi connectivity index (χ3n) is 4.88. The Balaban J connectivity index is 1.44. The highest BCUT2D eigenvalue weighted by Crippen LogP contribution is 2.22. The third-order valence-corrected chi connectivity index (χ3v) is 4.88. The van der Waals surface area contributed by atoms with E-state index >= 15 is 0 Å². The Morgan fingerprint density at radius 3 is 2.74 bits per heavy atom. The molecule has 0 saturated carbocycles. The molecule has 27 heavy (non-hydrogen) atoms. The number of nitrogens with zero attached hydrogens (tertiary/aromatic N) is 4. The zero-order valence-electron chi connectivity index (χ0n) is 15.6. The minimum Gasteiger partial charge on any atom is -0.497 e. The summed E-state index contributed by atoms with van der Waals surface area (Å²) in [7, 11) is 1.67. The second-order valence-electron chi connectivity index (χ2n) is 6.63. The van der Waals surface area contributed by atoms with Crippen molar-refractivity contribution in [2.75, 3.05) is 51.8 Å². The second kappa shape index (κ2) is 8.37. The van der Waals surface area contributed by atoms with Crippen LogP contribution in [0, 0.1) is 0 Å². The lowest BCUT2D eigenvalue weighted by atomic mass is 10.2. The predicted molar refractivity (Wildman–Crippen MR) is 105 cm³/mol. The third kappa shape index (κ3) is 4.20. The van der Waals surface area contributed by atoms with Crippen LogP contribution < -0.4 is 10.1 Å². The number of hydrogen-bond donors (Lipinski definition) is 1. The van der Waals surface area contributed by atoms with E-state index in [0.717, 1.165) is 67.4 Å². The van der Waals surface area contributed by atoms with E-state index in [1.165, 1.54) is 0 Å². The fourth-order valence-electron chi connectivity index (χ4n) is 3.32. The van der Waals surface area contributed by atoms with E-state index in [-0.39, 0.29) is 0 Å². The van der Waals surface area contributed by atoms with Gasteiger partial charge in [-0.15, -0.1) is 0 Å². The molecule has 1 aliphatic heterocycles. The standard InChI is InChI=1S/C20H25N5O2/c1-26-17-4-2-16(3-5-17)15-25-20-18(14-23-25)19(6-7-22-20)21-8-9-24-10-12-27-13-11-24/h2-7,14H,8-13,15H2,1H3,(H,21,22). The summed E-state index contributed by atoms with van der Waals surface area (Å²) in [6, 6.07) is 10.1. The van der Waals surface area contributed by atoms with Crippen LogP contribution in [0.4, 0.5) is 5.69 Å². The zero-order chi connectivity index (χ0) is 18.5. The zero-order valence-corrected chi connectivity index (χ0v) is 15.6. The van der Waals surface area contributed by atoms with Crippen molar-refractivity contribution < 1.29 is 9.47 Å². The molecule has 0 spiro atoms. The van der Waals surface area contributed by atoms with E-state index in [2.05, 4.69) is 32.4 Å². The highest BCUT2D eigenvalue weighted by Gasteiger charge is 2.11. The van der Waals surface area contributed by atoms with Gasteiger partial charge in [-0.3, -0.25) is 4.90 Å². The van der Waals surface area contributed by atoms with Crippen molar-refractivity contribution in [1.29, 1.82) is 0 Å². The highest BCUT2D eigenvalue weighted by molar-refractivity contribution is 5.88. The molecule has 0 amide bonds. The van der Waals surface area contributed by atoms with Crippen LogP contribution in [-0.4, -0.2) is 66.2 Å². The Morgan fingerprint density at radius 1 is 1.15 bits per heavy atom. The van der Waals surface area contributed by atoms with Gasteiger partial charge in [-0.25, -0.2) is 9.67 Å². The van der Waals surface area contributed by atoms with Gasteiger partial charge < -0.3 is 14.8 Å². The number of benzene rings is 1. The maximum atomic E-state index is 5.40. The average molecular weight is 367 g/mol. The van der Waals surface area contributed by atoms with Crippen molar-refractivity contribution in [3.8, 4) is 5.75 Å². The van der Waals surface area contributed by atoms with Crippen LogP contribution >= 0.6 is 0 Å². The molecule has 1 saturated heterocycles. The molecular weight excluding hydrogens is 342 g/mol. The van der Waals surface area contributed by atoms with Crippen molar-refractivity contribution in [1.82, 2.24) is 19.7 Å². The van der Waals surface area contributed by atoms with E-state index in [9.17, 15) is 0 Å². The van der Waals surface area contributed by atoms with E-state index < -0.39 is 0 Å². The first-order valence-electron chi connectivity index (χ1n) is 9.31. The smallest absolute Gasteiger partial charge is 0.160 e. The van der Waals surface area contributed by atoms with E-state index in [4.69, 9.17) is 9.47 Å². The van der Waals surface area contributed by atoms with Gasteiger partial charge in [0.1, 0.15) is 5.75 Å². The molecule has 2 aromatic heterocycles. The van der Waals surface area contributed by atoms with Gasteiger partial charge >= 0.3 is 0 Å². The Labute approximate surface area is 158 Å². The summed E-state index contributed by atoms with van der Waals surface area (Å²) < 4.78 is 12.6. The fraction of sp³-hybridized carbons (Fsp3) is 0.400. The Kier molecular flexibility index (Phi) is 5.50. The number of methoxy groups -OCH3 is 1. The molecule has 3 heterocycles. The van der Waals surface area contributed by atoms with Gasteiger partial charge in [0.15, 0.2) is 5.65 Å². The van der Waals surface area contributed by atoms with Crippen LogP contribution in [0.3, 0.4) is 0 Å². The van der Waals surface area contributed by atoms with Crippen molar-refractivity contribution >= 4 is 16.7 Å². The quantitative estimate of drug-likeness (QED) is 0.691. The van der Waals surface area contributed by atoms with Gasteiger partial charge in [0.05, 0.1) is 38.5 Å². The maximum Gasteiger partial charge on any atom is 0.160 e. The van der Waals surface area contributed by atoms with E-state index in [1.807, 2.05) is 35.3 Å². The molecule has 0 unspecified atom stereocenters. The Hall–Kier alpha value is -2.64. The molecule has 1 aliphatic rings. The van der Waals surface area contributed by atoms with Crippen molar-refractivity contribution in [3.05, 3.63) is 48.3 Å². The van der Waals surface area contributed by atoms with E-state index in [1.54, 1.807) is 7.11 Å². The van der Waals surface area contributed by atoms with Gasteiger partial charge in [0.2, 0.25) is 0 Å². The van der Waals surface area contributed by atoms with Crippen LogP contribution in [-0.2, 0) is 11.3 Å². The van der Waals surface area contributed by atoms with Crippen molar-refractivity contribution in [2.45, 2.75) is 6.54 Å². The number of anilines is 1. The van der Waals surface area contributed by atoms with Gasteiger partial charge in [-0.2, -0.15) is 5.10 Å². The molecule has 1 N–H and O–H groups in total. The second-order valence-corrected chi connectivity index (χ2v) is 6.63. The minimum absolute atomic E-state index is 0.678. The van der Waals surface area contributed by atoms with Crippen molar-refractivity contribution in [2.24, 2.45) is 0 Å². The van der Waals surface area contributed by atoms with Crippen LogP contribution in [0.2, 0.25) is 0 Å². The van der Waals surface area contributed by atoms with E-state index in [0.29, 0.717) is 6.54 Å². The first-order chi connectivity index (χ1) is 13.3. The van der Waals surface area contributed by atoms with Crippen LogP contribution in [0.15, 0.2) is 42.7 Å². The molecule has 0 aliphatic carbocycles. The number of pyridine rings is 1. The van der Waals surface area contributed by atoms with Gasteiger partial charge in [-0.05, 0) is 23.8 Å². The largest absolute Gasteiger partial charge is 0.497 e. The summed E-state index contributed by atoms with van der Waals surface area (Å²) in [6.45, 7) is 6.25. The molecular formula is C20H25N5O2. The van der Waals surface area contributed by atoms with Crippen LogP contribution in [0.25, 0.3) is 11.0 Å². The molecule has 142 valence electrons. The van der Waals surface area contributed by atoms with Crippen LogP contribution in [0.5, 0.6) is 5.75 Å². The first kappa shape index (κ1) is 17.8. The summed E-state index contributed by atoms with van der Waals surface area (Å²) in [5.41, 5.74) is 3.13. The number of rotatable bonds is 7.